The number of carboxylic acid groups (broad SMARTS) is 1. The molecule has 1 aliphatic heterocycles. The van der Waals surface area contributed by atoms with Crippen molar-refractivity contribution in [2.24, 2.45) is 5.92 Å². The minimum atomic E-state index is -0.938. The summed E-state index contributed by atoms with van der Waals surface area (Å²) in [7, 11) is 0. The van der Waals surface area contributed by atoms with Crippen LogP contribution in [0.15, 0.2) is 24.5 Å². The van der Waals surface area contributed by atoms with Gasteiger partial charge in [0.1, 0.15) is 6.04 Å². The lowest BCUT2D eigenvalue weighted by atomic mass is 10.0. The highest BCUT2D eigenvalue weighted by atomic mass is 16.4. The van der Waals surface area contributed by atoms with Crippen molar-refractivity contribution in [1.29, 1.82) is 0 Å². The van der Waals surface area contributed by atoms with Gasteiger partial charge in [-0.2, -0.15) is 0 Å². The Morgan fingerprint density at radius 1 is 1.53 bits per heavy atom. The van der Waals surface area contributed by atoms with Gasteiger partial charge in [0.15, 0.2) is 0 Å². The summed E-state index contributed by atoms with van der Waals surface area (Å²) in [6.07, 6.45) is 3.77. The van der Waals surface area contributed by atoms with E-state index in [0.29, 0.717) is 12.1 Å². The number of carboxylic acids is 1. The zero-order valence-electron chi connectivity index (χ0n) is 9.54. The van der Waals surface area contributed by atoms with E-state index in [1.807, 2.05) is 6.92 Å². The molecular weight excluding hydrogens is 220 g/mol. The number of aliphatic carboxylic acids is 1. The molecule has 17 heavy (non-hydrogen) atoms. The van der Waals surface area contributed by atoms with Gasteiger partial charge in [0.2, 0.25) is 0 Å². The zero-order valence-corrected chi connectivity index (χ0v) is 9.54. The molecule has 1 aromatic heterocycles. The molecule has 0 spiro atoms. The Kier molecular flexibility index (Phi) is 3.08. The molecule has 2 atom stereocenters. The number of hydrogen-bond donors (Lipinski definition) is 1. The number of pyridine rings is 1. The van der Waals surface area contributed by atoms with Gasteiger partial charge in [-0.25, -0.2) is 4.79 Å². The molecule has 1 fully saturated rings. The zero-order chi connectivity index (χ0) is 12.4. The maximum atomic E-state index is 12.1. The van der Waals surface area contributed by atoms with Gasteiger partial charge >= 0.3 is 5.97 Å². The molecule has 5 heteroatoms. The quantitative estimate of drug-likeness (QED) is 0.829. The molecule has 0 aliphatic carbocycles. The molecule has 90 valence electrons. The number of hydrogen-bond acceptors (Lipinski definition) is 3. The SMILES string of the molecule is CC1CCN(C(=O)c2cccnc2)C1C(=O)O. The summed E-state index contributed by atoms with van der Waals surface area (Å²) in [5.41, 5.74) is 0.438. The van der Waals surface area contributed by atoms with Crippen LogP contribution in [0.1, 0.15) is 23.7 Å². The van der Waals surface area contributed by atoms with Crippen LogP contribution in [0.5, 0.6) is 0 Å². The predicted octanol–water partition coefficient (Wildman–Crippen LogP) is 1.02. The van der Waals surface area contributed by atoms with Crippen LogP contribution < -0.4 is 0 Å². The first kappa shape index (κ1) is 11.6. The number of carbonyl (C=O) groups excluding carboxylic acids is 1. The Bertz CT molecular complexity index is 433. The van der Waals surface area contributed by atoms with E-state index in [1.54, 1.807) is 18.3 Å². The highest BCUT2D eigenvalue weighted by Crippen LogP contribution is 2.25. The Balaban J connectivity index is 2.23. The summed E-state index contributed by atoms with van der Waals surface area (Å²) in [6, 6.07) is 2.60. The molecule has 0 bridgehead atoms. The van der Waals surface area contributed by atoms with E-state index in [4.69, 9.17) is 5.11 Å². The summed E-state index contributed by atoms with van der Waals surface area (Å²) in [5.74, 6) is -1.20. The van der Waals surface area contributed by atoms with Crippen LogP contribution >= 0.6 is 0 Å². The molecule has 2 rings (SSSR count). The summed E-state index contributed by atoms with van der Waals surface area (Å²) >= 11 is 0. The third-order valence-corrected chi connectivity index (χ3v) is 3.12. The molecule has 2 unspecified atom stereocenters. The summed E-state index contributed by atoms with van der Waals surface area (Å²) in [5, 5.41) is 9.14. The molecular formula is C12H14N2O3. The maximum absolute atomic E-state index is 12.1. The number of rotatable bonds is 2. The van der Waals surface area contributed by atoms with Crippen LogP contribution in [-0.4, -0.2) is 39.5 Å². The van der Waals surface area contributed by atoms with Gasteiger partial charge in [-0.15, -0.1) is 0 Å². The largest absolute Gasteiger partial charge is 0.480 e. The van der Waals surface area contributed by atoms with Gasteiger partial charge in [0.25, 0.3) is 5.91 Å². The van der Waals surface area contributed by atoms with E-state index in [2.05, 4.69) is 4.98 Å². The van der Waals surface area contributed by atoms with Gasteiger partial charge in [-0.3, -0.25) is 9.78 Å². The molecule has 0 saturated carbocycles. The monoisotopic (exact) mass is 234 g/mol. The Labute approximate surface area is 99.1 Å². The minimum absolute atomic E-state index is 0.00637. The normalized spacial score (nSPS) is 23.7. The fourth-order valence-electron chi connectivity index (χ4n) is 2.21. The Morgan fingerprint density at radius 3 is 2.88 bits per heavy atom. The summed E-state index contributed by atoms with van der Waals surface area (Å²) in [4.78, 5) is 28.6. The summed E-state index contributed by atoms with van der Waals surface area (Å²) in [6.45, 7) is 2.35. The van der Waals surface area contributed by atoms with Crippen LogP contribution in [0.3, 0.4) is 0 Å². The second-order valence-electron chi connectivity index (χ2n) is 4.29. The highest BCUT2D eigenvalue weighted by molar-refractivity contribution is 5.96. The number of aromatic nitrogens is 1. The fourth-order valence-corrected chi connectivity index (χ4v) is 2.21. The molecule has 1 saturated heterocycles. The molecule has 0 radical (unpaired) electrons. The average molecular weight is 234 g/mol. The fraction of sp³-hybridized carbons (Fsp3) is 0.417. The predicted molar refractivity (Wildman–Crippen MR) is 60.5 cm³/mol. The average Bonchev–Trinajstić information content (AvgIpc) is 2.71. The maximum Gasteiger partial charge on any atom is 0.326 e. The molecule has 1 aromatic rings. The van der Waals surface area contributed by atoms with Crippen molar-refractivity contribution >= 4 is 11.9 Å². The van der Waals surface area contributed by atoms with Crippen LogP contribution in [0.4, 0.5) is 0 Å². The number of nitrogens with zero attached hydrogens (tertiary/aromatic N) is 2. The standard InChI is InChI=1S/C12H14N2O3/c1-8-4-6-14(10(8)12(16)17)11(15)9-3-2-5-13-7-9/h2-3,5,7-8,10H,4,6H2,1H3,(H,16,17). The van der Waals surface area contributed by atoms with E-state index in [1.165, 1.54) is 11.1 Å². The summed E-state index contributed by atoms with van der Waals surface area (Å²) < 4.78 is 0. The Morgan fingerprint density at radius 2 is 2.29 bits per heavy atom. The molecule has 1 aliphatic rings. The number of amides is 1. The lowest BCUT2D eigenvalue weighted by Crippen LogP contribution is -2.42. The first-order valence-electron chi connectivity index (χ1n) is 5.55. The van der Waals surface area contributed by atoms with Crippen LogP contribution in [0, 0.1) is 5.92 Å². The first-order valence-corrected chi connectivity index (χ1v) is 5.55. The van der Waals surface area contributed by atoms with Gasteiger partial charge in [0.05, 0.1) is 5.56 Å². The number of likely N-dealkylation sites (tertiary alicyclic amines) is 1. The van der Waals surface area contributed by atoms with Crippen molar-refractivity contribution in [3.05, 3.63) is 30.1 Å². The van der Waals surface area contributed by atoms with Crippen molar-refractivity contribution in [2.75, 3.05) is 6.54 Å². The lowest BCUT2D eigenvalue weighted by Gasteiger charge is -2.23. The third kappa shape index (κ3) is 2.13. The van der Waals surface area contributed by atoms with E-state index < -0.39 is 12.0 Å². The second-order valence-corrected chi connectivity index (χ2v) is 4.29. The first-order chi connectivity index (χ1) is 8.11. The molecule has 1 N–H and O–H groups in total. The van der Waals surface area contributed by atoms with Gasteiger partial charge in [-0.1, -0.05) is 6.92 Å². The van der Waals surface area contributed by atoms with Crippen LogP contribution in [0.2, 0.25) is 0 Å². The van der Waals surface area contributed by atoms with Gasteiger partial charge in [-0.05, 0) is 24.5 Å². The van der Waals surface area contributed by atoms with E-state index in [0.717, 1.165) is 6.42 Å². The van der Waals surface area contributed by atoms with Crippen molar-refractivity contribution in [1.82, 2.24) is 9.88 Å². The highest BCUT2D eigenvalue weighted by Gasteiger charge is 2.39. The van der Waals surface area contributed by atoms with Crippen molar-refractivity contribution in [2.45, 2.75) is 19.4 Å². The lowest BCUT2D eigenvalue weighted by molar-refractivity contribution is -0.142. The second kappa shape index (κ2) is 4.53. The van der Waals surface area contributed by atoms with Crippen LogP contribution in [-0.2, 0) is 4.79 Å². The molecule has 1 amide bonds. The van der Waals surface area contributed by atoms with Crippen LogP contribution in [0.25, 0.3) is 0 Å². The minimum Gasteiger partial charge on any atom is -0.480 e. The molecule has 5 nitrogen and oxygen atoms in total. The van der Waals surface area contributed by atoms with E-state index >= 15 is 0 Å². The van der Waals surface area contributed by atoms with E-state index in [-0.39, 0.29) is 11.8 Å². The third-order valence-electron chi connectivity index (χ3n) is 3.12. The smallest absolute Gasteiger partial charge is 0.326 e. The topological polar surface area (TPSA) is 70.5 Å². The Hall–Kier alpha value is -1.91. The van der Waals surface area contributed by atoms with Gasteiger partial charge in [0, 0.05) is 18.9 Å². The van der Waals surface area contributed by atoms with Crippen molar-refractivity contribution in [3.8, 4) is 0 Å². The number of carbonyl (C=O) groups is 2. The molecule has 0 aromatic carbocycles. The molecule has 2 heterocycles. The van der Waals surface area contributed by atoms with Crippen molar-refractivity contribution < 1.29 is 14.7 Å². The van der Waals surface area contributed by atoms with E-state index in [9.17, 15) is 9.59 Å². The van der Waals surface area contributed by atoms with Gasteiger partial charge < -0.3 is 10.0 Å². The van der Waals surface area contributed by atoms with Crippen molar-refractivity contribution in [3.63, 3.8) is 0 Å².